The molecule has 1 saturated heterocycles. The van der Waals surface area contributed by atoms with Crippen LogP contribution in [0, 0.1) is 6.92 Å². The Kier molecular flexibility index (Phi) is 6.11. The highest BCUT2D eigenvalue weighted by molar-refractivity contribution is 5.89. The van der Waals surface area contributed by atoms with Crippen LogP contribution < -0.4 is 15.0 Å². The van der Waals surface area contributed by atoms with Gasteiger partial charge in [0.1, 0.15) is 18.3 Å². The van der Waals surface area contributed by atoms with Crippen LogP contribution >= 0.6 is 0 Å². The molecule has 1 amide bonds. The number of nitrogens with zero attached hydrogens (tertiary/aromatic N) is 6. The minimum Gasteiger partial charge on any atom is -0.480 e. The maximum absolute atomic E-state index is 12.8. The van der Waals surface area contributed by atoms with E-state index in [4.69, 9.17) is 9.84 Å². The van der Waals surface area contributed by atoms with E-state index in [9.17, 15) is 18.4 Å². The molecule has 0 radical (unpaired) electrons. The quantitative estimate of drug-likeness (QED) is 0.535. The molecule has 4 rings (SSSR count). The number of aliphatic carboxylic acids is 1. The van der Waals surface area contributed by atoms with Crippen LogP contribution in [-0.2, 0) is 16.2 Å². The molecule has 0 aliphatic carbocycles. The van der Waals surface area contributed by atoms with Crippen LogP contribution in [0.2, 0.25) is 0 Å². The first kappa shape index (κ1) is 22.0. The van der Waals surface area contributed by atoms with Crippen molar-refractivity contribution in [2.24, 2.45) is 0 Å². The average Bonchev–Trinajstić information content (AvgIpc) is 3.17. The van der Waals surface area contributed by atoms with Gasteiger partial charge in [-0.15, -0.1) is 15.3 Å². The lowest BCUT2D eigenvalue weighted by atomic mass is 10.2. The molecule has 1 fully saturated rings. The highest BCUT2D eigenvalue weighted by atomic mass is 19.3. The van der Waals surface area contributed by atoms with Gasteiger partial charge in [-0.3, -0.25) is 4.79 Å². The summed E-state index contributed by atoms with van der Waals surface area (Å²) in [6, 6.07) is 7.77. The summed E-state index contributed by atoms with van der Waals surface area (Å²) in [6.07, 6.45) is -2.56. The molecule has 1 atom stereocenters. The van der Waals surface area contributed by atoms with Gasteiger partial charge < -0.3 is 20.1 Å². The SMILES string of the molecule is Cc1nnn(-c2ccc(C(F)F)cc2)c1COc1ccc(N2CC(=O)N[C@H](C(=O)O)C2)nn1. The largest absolute Gasteiger partial charge is 0.480 e. The first-order valence-electron chi connectivity index (χ1n) is 9.85. The molecular weight excluding hydrogens is 440 g/mol. The number of carbonyl (C=O) groups is 2. The smallest absolute Gasteiger partial charge is 0.328 e. The Bertz CT molecular complexity index is 1150. The van der Waals surface area contributed by atoms with E-state index in [0.717, 1.165) is 0 Å². The van der Waals surface area contributed by atoms with E-state index < -0.39 is 24.3 Å². The van der Waals surface area contributed by atoms with Crippen LogP contribution in [0.4, 0.5) is 14.6 Å². The molecule has 1 aliphatic heterocycles. The molecule has 172 valence electrons. The second-order valence-corrected chi connectivity index (χ2v) is 7.28. The molecule has 11 nitrogen and oxygen atoms in total. The number of alkyl halides is 2. The van der Waals surface area contributed by atoms with Gasteiger partial charge in [0.05, 0.1) is 24.5 Å². The van der Waals surface area contributed by atoms with Gasteiger partial charge >= 0.3 is 5.97 Å². The predicted molar refractivity (Wildman–Crippen MR) is 109 cm³/mol. The summed E-state index contributed by atoms with van der Waals surface area (Å²) >= 11 is 0. The summed E-state index contributed by atoms with van der Waals surface area (Å²) < 4.78 is 32.8. The number of aromatic nitrogens is 5. The van der Waals surface area contributed by atoms with Crippen LogP contribution in [0.3, 0.4) is 0 Å². The van der Waals surface area contributed by atoms with Crippen LogP contribution in [0.25, 0.3) is 5.69 Å². The minimum absolute atomic E-state index is 0.0347. The first-order valence-corrected chi connectivity index (χ1v) is 9.85. The van der Waals surface area contributed by atoms with E-state index in [2.05, 4.69) is 25.8 Å². The van der Waals surface area contributed by atoms with Gasteiger partial charge in [0, 0.05) is 11.6 Å². The predicted octanol–water partition coefficient (Wildman–Crippen LogP) is 1.27. The molecule has 2 aromatic heterocycles. The third-order valence-corrected chi connectivity index (χ3v) is 5.02. The fraction of sp³-hybridized carbons (Fsp3) is 0.300. The number of benzene rings is 1. The topological polar surface area (TPSA) is 135 Å². The van der Waals surface area contributed by atoms with Crippen molar-refractivity contribution in [1.82, 2.24) is 30.5 Å². The summed E-state index contributed by atoms with van der Waals surface area (Å²) in [5.74, 6) is -1.03. The monoisotopic (exact) mass is 459 g/mol. The number of carboxylic acid groups (broad SMARTS) is 1. The highest BCUT2D eigenvalue weighted by Gasteiger charge is 2.30. The molecule has 13 heteroatoms. The van der Waals surface area contributed by atoms with Gasteiger partial charge in [-0.05, 0) is 25.1 Å². The van der Waals surface area contributed by atoms with Crippen molar-refractivity contribution in [3.8, 4) is 11.6 Å². The molecule has 0 spiro atoms. The molecular formula is C20H19F2N7O4. The van der Waals surface area contributed by atoms with Gasteiger partial charge in [0.2, 0.25) is 11.8 Å². The van der Waals surface area contributed by atoms with Crippen LogP contribution in [0.15, 0.2) is 36.4 Å². The lowest BCUT2D eigenvalue weighted by Crippen LogP contribution is -2.57. The van der Waals surface area contributed by atoms with Crippen LogP contribution in [-0.4, -0.2) is 61.3 Å². The molecule has 2 N–H and O–H groups in total. The zero-order chi connectivity index (χ0) is 23.5. The number of carbonyl (C=O) groups excluding carboxylic acids is 1. The Labute approximate surface area is 186 Å². The molecule has 1 aromatic carbocycles. The van der Waals surface area contributed by atoms with E-state index in [1.165, 1.54) is 33.8 Å². The van der Waals surface area contributed by atoms with E-state index in [1.54, 1.807) is 19.1 Å². The number of carboxylic acids is 1. The normalized spacial score (nSPS) is 16.1. The van der Waals surface area contributed by atoms with Gasteiger partial charge in [0.25, 0.3) is 6.43 Å². The zero-order valence-electron chi connectivity index (χ0n) is 17.4. The van der Waals surface area contributed by atoms with Crippen molar-refractivity contribution in [3.05, 3.63) is 53.3 Å². The van der Waals surface area contributed by atoms with Gasteiger partial charge in [-0.25, -0.2) is 18.3 Å². The zero-order valence-corrected chi connectivity index (χ0v) is 17.4. The second kappa shape index (κ2) is 9.14. The molecule has 1 aliphatic rings. The number of piperazine rings is 1. The molecule has 33 heavy (non-hydrogen) atoms. The fourth-order valence-corrected chi connectivity index (χ4v) is 3.27. The van der Waals surface area contributed by atoms with Crippen molar-refractivity contribution in [2.45, 2.75) is 26.0 Å². The molecule has 3 aromatic rings. The second-order valence-electron chi connectivity index (χ2n) is 7.28. The van der Waals surface area contributed by atoms with Gasteiger partial charge in [0.15, 0.2) is 5.82 Å². The standard InChI is InChI=1S/C20H19F2N7O4/c1-11-15(29(27-24-11)13-4-2-12(3-5-13)19(21)22)10-33-18-7-6-16(25-26-18)28-8-14(20(31)32)23-17(30)9-28/h2-7,14,19H,8-10H2,1H3,(H,23,30)(H,31,32)/t14-/m0/s1. The first-order chi connectivity index (χ1) is 15.8. The Morgan fingerprint density at radius 3 is 2.61 bits per heavy atom. The maximum atomic E-state index is 12.8. The Balaban J connectivity index is 1.44. The lowest BCUT2D eigenvalue weighted by Gasteiger charge is -2.31. The number of aryl methyl sites for hydroxylation is 1. The summed E-state index contributed by atoms with van der Waals surface area (Å²) in [5, 5.41) is 27.6. The van der Waals surface area contributed by atoms with Crippen molar-refractivity contribution in [1.29, 1.82) is 0 Å². The van der Waals surface area contributed by atoms with Crippen molar-refractivity contribution >= 4 is 17.7 Å². The fourth-order valence-electron chi connectivity index (χ4n) is 3.27. The number of hydrogen-bond acceptors (Lipinski definition) is 8. The van der Waals surface area contributed by atoms with Gasteiger partial charge in [-0.2, -0.15) is 0 Å². The van der Waals surface area contributed by atoms with E-state index in [0.29, 0.717) is 22.9 Å². The Morgan fingerprint density at radius 1 is 1.21 bits per heavy atom. The van der Waals surface area contributed by atoms with Gasteiger partial charge in [-0.1, -0.05) is 17.3 Å². The van der Waals surface area contributed by atoms with Crippen molar-refractivity contribution in [3.63, 3.8) is 0 Å². The summed E-state index contributed by atoms with van der Waals surface area (Å²) in [7, 11) is 0. The van der Waals surface area contributed by atoms with Crippen LogP contribution in [0.5, 0.6) is 5.88 Å². The molecule has 0 unspecified atom stereocenters. The Morgan fingerprint density at radius 2 is 1.97 bits per heavy atom. The summed E-state index contributed by atoms with van der Waals surface area (Å²) in [4.78, 5) is 24.5. The minimum atomic E-state index is -2.56. The molecule has 0 saturated carbocycles. The third kappa shape index (κ3) is 4.86. The molecule has 3 heterocycles. The maximum Gasteiger partial charge on any atom is 0.328 e. The van der Waals surface area contributed by atoms with E-state index in [1.807, 2.05) is 0 Å². The number of anilines is 1. The Hall–Kier alpha value is -4.16. The summed E-state index contributed by atoms with van der Waals surface area (Å²) in [6.45, 7) is 1.80. The number of rotatable bonds is 7. The number of nitrogens with one attached hydrogen (secondary N) is 1. The van der Waals surface area contributed by atoms with Crippen molar-refractivity contribution < 1.29 is 28.2 Å². The lowest BCUT2D eigenvalue weighted by molar-refractivity contribution is -0.142. The number of hydrogen-bond donors (Lipinski definition) is 2. The third-order valence-electron chi connectivity index (χ3n) is 5.02. The number of amides is 1. The van der Waals surface area contributed by atoms with E-state index in [-0.39, 0.29) is 31.1 Å². The van der Waals surface area contributed by atoms with Crippen LogP contribution in [0.1, 0.15) is 23.4 Å². The van der Waals surface area contributed by atoms with E-state index >= 15 is 0 Å². The highest BCUT2D eigenvalue weighted by Crippen LogP contribution is 2.22. The number of halogens is 2. The van der Waals surface area contributed by atoms with Crippen molar-refractivity contribution in [2.75, 3.05) is 18.0 Å². The average molecular weight is 459 g/mol. The number of ether oxygens (including phenoxy) is 1. The molecule has 0 bridgehead atoms. The summed E-state index contributed by atoms with van der Waals surface area (Å²) in [5.41, 5.74) is 1.65.